The number of aryl methyl sites for hydroxylation is 9. The van der Waals surface area contributed by atoms with E-state index < -0.39 is 70.4 Å². The molecule has 0 radical (unpaired) electrons. The first-order valence-corrected chi connectivity index (χ1v) is 43.0. The van der Waals surface area contributed by atoms with Crippen molar-refractivity contribution in [3.05, 3.63) is 350 Å². The number of benzene rings is 12. The summed E-state index contributed by atoms with van der Waals surface area (Å²) in [6.45, 7) is 14.0. The maximum absolute atomic E-state index is 13.2. The molecule has 0 saturated heterocycles. The first-order chi connectivity index (χ1) is 66.6. The van der Waals surface area contributed by atoms with Crippen LogP contribution in [0, 0.1) is 55.4 Å². The molecule has 12 aromatic carbocycles. The van der Waals surface area contributed by atoms with Gasteiger partial charge < -0.3 is 28.4 Å². The minimum atomic E-state index is -4.54. The molecule has 1 aliphatic rings. The Morgan fingerprint density at radius 1 is 0.291 bits per heavy atom. The number of isocyanates is 6. The highest BCUT2D eigenvalue weighted by atomic mass is 79.9. The van der Waals surface area contributed by atoms with Gasteiger partial charge >= 0.3 is 37.1 Å². The van der Waals surface area contributed by atoms with Gasteiger partial charge in [0.15, 0.2) is 0 Å². The van der Waals surface area contributed by atoms with Gasteiger partial charge in [-0.25, -0.2) is 28.8 Å². The van der Waals surface area contributed by atoms with Gasteiger partial charge in [0, 0.05) is 42.9 Å². The summed E-state index contributed by atoms with van der Waals surface area (Å²) in [5.74, 6) is -1.24. The number of rotatable bonds is 26. The summed E-state index contributed by atoms with van der Waals surface area (Å²) in [4.78, 5) is 84.3. The SMILES string of the molecule is CCc1cccc(N=C=O)c1COc1ccc(C)cc1C(F)(F)F.Cc1ccc(OCc2c(Br)cccc2N=C=O)c(C(F)(F)F)c1.Cc1ccc(OCc2c(C)cccc2N=C=O)c(C(F)(F)F)c1.Cc1ccc(OCc2c(C)cccc2N=C=O)c(C(F)(F)F)c1.Cc1ccc(OCc2c(Cl)cccc2N=C=O)c(C(F)(F)F)c1.Cc1ccc(OCc2c(N=C=O)cccc2C2CC2)c(C(F)(F)F)c1. The van der Waals surface area contributed by atoms with E-state index in [2.05, 4.69) is 45.9 Å². The molecule has 0 heterocycles. The Hall–Kier alpha value is -14.8. The third-order valence-corrected chi connectivity index (χ3v) is 21.8. The highest BCUT2D eigenvalue weighted by Gasteiger charge is 2.40. The molecule has 0 N–H and O–H groups in total. The van der Waals surface area contributed by atoms with Crippen molar-refractivity contribution in [2.75, 3.05) is 0 Å². The molecule has 0 spiro atoms. The van der Waals surface area contributed by atoms with E-state index in [9.17, 15) is 108 Å². The molecule has 18 nitrogen and oxygen atoms in total. The highest BCUT2D eigenvalue weighted by Crippen LogP contribution is 2.48. The lowest BCUT2D eigenvalue weighted by Gasteiger charge is -2.17. The minimum absolute atomic E-state index is 0.0840. The fraction of sp³-hybridized carbons (Fsp3) is 0.243. The van der Waals surface area contributed by atoms with Crippen molar-refractivity contribution in [3.63, 3.8) is 0 Å². The zero-order valence-corrected chi connectivity index (χ0v) is 78.2. The number of aliphatic imine (C=N–C) groups is 6. The van der Waals surface area contributed by atoms with Crippen molar-refractivity contribution in [2.24, 2.45) is 30.0 Å². The van der Waals surface area contributed by atoms with Crippen LogP contribution in [0.5, 0.6) is 34.5 Å². The van der Waals surface area contributed by atoms with Gasteiger partial charge in [-0.15, -0.1) is 0 Å². The van der Waals surface area contributed by atoms with E-state index in [1.807, 2.05) is 19.1 Å². The molecule has 1 aliphatic carbocycles. The molecule has 12 aromatic rings. The molecule has 0 aromatic heterocycles. The van der Waals surface area contributed by atoms with Gasteiger partial charge in [0.05, 0.1) is 67.5 Å². The van der Waals surface area contributed by atoms with Gasteiger partial charge in [-0.1, -0.05) is 165 Å². The highest BCUT2D eigenvalue weighted by molar-refractivity contribution is 9.10. The Kier molecular flexibility index (Phi) is 40.1. The molecule has 0 amide bonds. The second kappa shape index (κ2) is 50.7. The van der Waals surface area contributed by atoms with Gasteiger partial charge in [-0.05, 0) is 224 Å². The van der Waals surface area contributed by atoms with E-state index >= 15 is 0 Å². The van der Waals surface area contributed by atoms with E-state index in [-0.39, 0.29) is 90.5 Å². The Morgan fingerprint density at radius 2 is 0.518 bits per heavy atom. The predicted molar refractivity (Wildman–Crippen MR) is 492 cm³/mol. The van der Waals surface area contributed by atoms with Crippen LogP contribution in [0.4, 0.5) is 113 Å². The van der Waals surface area contributed by atoms with E-state index in [0.717, 1.165) is 71.5 Å². The Labute approximate surface area is 809 Å². The number of hydrogen-bond donors (Lipinski definition) is 0. The molecule has 0 atom stereocenters. The summed E-state index contributed by atoms with van der Waals surface area (Å²) in [6, 6.07) is 53.2. The van der Waals surface area contributed by atoms with Gasteiger partial charge in [0.1, 0.15) is 74.1 Å². The molecule has 0 unspecified atom stereocenters. The van der Waals surface area contributed by atoms with Crippen LogP contribution in [0.1, 0.15) is 148 Å². The van der Waals surface area contributed by atoms with Crippen LogP contribution >= 0.6 is 27.5 Å². The number of halogens is 20. The summed E-state index contributed by atoms with van der Waals surface area (Å²) in [5, 5.41) is 0.238. The largest absolute Gasteiger partial charge is 0.488 e. The van der Waals surface area contributed by atoms with Crippen LogP contribution < -0.4 is 28.4 Å². The van der Waals surface area contributed by atoms with Crippen molar-refractivity contribution in [1.82, 2.24) is 0 Å². The maximum atomic E-state index is 13.2. The quantitative estimate of drug-likeness (QED) is 0.0280. The monoisotopic (exact) mass is 2050 g/mol. The average Bonchev–Trinajstić information content (AvgIpc) is 1.66. The lowest BCUT2D eigenvalue weighted by Crippen LogP contribution is -2.10. The van der Waals surface area contributed by atoms with Crippen LogP contribution in [0.25, 0.3) is 0 Å². The van der Waals surface area contributed by atoms with Gasteiger partial charge in [0.2, 0.25) is 36.5 Å². The van der Waals surface area contributed by atoms with E-state index in [1.54, 1.807) is 165 Å². The Morgan fingerprint density at radius 3 is 0.801 bits per heavy atom. The van der Waals surface area contributed by atoms with Crippen LogP contribution in [0.2, 0.25) is 5.02 Å². The van der Waals surface area contributed by atoms with E-state index in [0.29, 0.717) is 106 Å². The normalized spacial score (nSPS) is 11.6. The lowest BCUT2D eigenvalue weighted by atomic mass is 10.0. The summed E-state index contributed by atoms with van der Waals surface area (Å²) < 4.78 is 269. The zero-order valence-electron chi connectivity index (χ0n) is 75.9. The van der Waals surface area contributed by atoms with Crippen molar-refractivity contribution >= 4 is 98.1 Å². The minimum Gasteiger partial charge on any atom is -0.488 e. The number of nitrogens with zero attached hydrogens (tertiary/aromatic N) is 6. The molecule has 1 fully saturated rings. The average molecular weight is 2050 g/mol. The fourth-order valence-electron chi connectivity index (χ4n) is 13.5. The number of hydrogen-bond acceptors (Lipinski definition) is 18. The van der Waals surface area contributed by atoms with Crippen molar-refractivity contribution in [1.29, 1.82) is 0 Å². The third-order valence-electron chi connectivity index (χ3n) is 20.7. The van der Waals surface area contributed by atoms with Gasteiger partial charge in [-0.3, -0.25) is 0 Å². The van der Waals surface area contributed by atoms with Crippen LogP contribution in [-0.2, 0) is 112 Å². The van der Waals surface area contributed by atoms with E-state index in [4.69, 9.17) is 40.0 Å². The maximum Gasteiger partial charge on any atom is 0.419 e. The summed E-state index contributed by atoms with van der Waals surface area (Å²) in [5.41, 5.74) is 6.28. The molecule has 141 heavy (non-hydrogen) atoms. The third kappa shape index (κ3) is 33.0. The number of alkyl halides is 18. The van der Waals surface area contributed by atoms with E-state index in [1.165, 1.54) is 97.1 Å². The standard InChI is InChI=1S/C19H16F3NO2.C18H16F3NO2.2C17H14F3NO2.C16H11BrF3NO2.C16H11ClF3NO2/c1-12-5-8-18(16(9-12)19(20,21)22)25-10-15-14(13-6-7-13)3-2-4-17(15)23-11-24;1-3-13-5-4-6-16(22-11-23)14(13)10-24-17-8-7-12(2)9-15(17)18(19,20)21;2*1-11-6-7-16(14(8-11)17(18,19)20)23-9-13-12(2)4-3-5-15(13)21-10-22;2*1-10-5-6-15(12(7-10)16(18,19)20)23-8-11-13(17)3-2-4-14(11)21-9-22/h2-5,8-9,13H,6-7,10H2,1H3;4-9H,3,10H2,1-2H3;2*3-8H,9H2,1-2H3;2*2-7H,8H2,1H3. The van der Waals surface area contributed by atoms with Gasteiger partial charge in [-0.2, -0.15) is 109 Å². The Balaban J connectivity index is 0.000000207. The summed E-state index contributed by atoms with van der Waals surface area (Å²) in [7, 11) is 0. The lowest BCUT2D eigenvalue weighted by molar-refractivity contribution is -0.139. The second-order valence-electron chi connectivity index (χ2n) is 30.9. The first-order valence-electron chi connectivity index (χ1n) is 41.8. The molecule has 13 rings (SSSR count). The summed E-state index contributed by atoms with van der Waals surface area (Å²) in [6.07, 6.45) is -15.8. The number of ether oxygens (including phenoxy) is 6. The molecule has 0 aliphatic heterocycles. The topological polar surface area (TPSA) is 232 Å². The number of carbonyl (C=O) groups excluding carboxylic acids is 6. The van der Waals surface area contributed by atoms with Crippen LogP contribution in [0.15, 0.2) is 253 Å². The molecular weight excluding hydrogens is 1970 g/mol. The second-order valence-corrected chi connectivity index (χ2v) is 32.2. The molecule has 0 bridgehead atoms. The molecule has 736 valence electrons. The smallest absolute Gasteiger partial charge is 0.419 e. The molecular formula is C103H82BrClF18N6O12. The Bertz CT molecular complexity index is 6220. The summed E-state index contributed by atoms with van der Waals surface area (Å²) >= 11 is 9.26. The first kappa shape index (κ1) is 112. The van der Waals surface area contributed by atoms with Crippen molar-refractivity contribution < 1.29 is 136 Å². The van der Waals surface area contributed by atoms with Crippen LogP contribution in [-0.4, -0.2) is 36.5 Å². The zero-order chi connectivity index (χ0) is 104. The van der Waals surface area contributed by atoms with Crippen LogP contribution in [0.3, 0.4) is 0 Å². The van der Waals surface area contributed by atoms with Gasteiger partial charge in [0.25, 0.3) is 0 Å². The molecule has 1 saturated carbocycles. The van der Waals surface area contributed by atoms with Crippen molar-refractivity contribution in [3.8, 4) is 34.5 Å². The predicted octanol–water partition coefficient (Wildman–Crippen LogP) is 30.8. The fourth-order valence-corrected chi connectivity index (χ4v) is 14.2. The van der Waals surface area contributed by atoms with Crippen molar-refractivity contribution in [2.45, 2.75) is 164 Å². The molecule has 38 heteroatoms.